The number of nitrogens with zero attached hydrogens (tertiary/aromatic N) is 4. The highest BCUT2D eigenvalue weighted by Gasteiger charge is 2.28. The minimum atomic E-state index is -0.210. The normalized spacial score (nSPS) is 14.6. The maximum atomic E-state index is 11.7. The molecule has 0 aromatic carbocycles. The molecule has 21 heavy (non-hydrogen) atoms. The van der Waals surface area contributed by atoms with Gasteiger partial charge in [0, 0.05) is 37.1 Å². The number of carbonyl (C=O) groups is 1. The number of thiazole rings is 1. The van der Waals surface area contributed by atoms with Crippen LogP contribution in [-0.4, -0.2) is 40.8 Å². The molecule has 7 nitrogen and oxygen atoms in total. The number of rotatable bonds is 4. The van der Waals surface area contributed by atoms with Crippen LogP contribution < -0.4 is 15.5 Å². The zero-order chi connectivity index (χ0) is 14.7. The van der Waals surface area contributed by atoms with Crippen LogP contribution in [0.2, 0.25) is 0 Å². The number of hydrogen-bond donors (Lipinski definition) is 2. The van der Waals surface area contributed by atoms with Gasteiger partial charge >= 0.3 is 6.03 Å². The van der Waals surface area contributed by atoms with Crippen molar-refractivity contribution >= 4 is 28.3 Å². The summed E-state index contributed by atoms with van der Waals surface area (Å²) in [4.78, 5) is 17.8. The van der Waals surface area contributed by atoms with Crippen LogP contribution in [0.4, 0.5) is 15.7 Å². The summed E-state index contributed by atoms with van der Waals surface area (Å²) >= 11 is 1.40. The second-order valence-electron chi connectivity index (χ2n) is 4.98. The molecule has 2 aromatic rings. The Bertz CT molecular complexity index is 594. The van der Waals surface area contributed by atoms with E-state index in [1.165, 1.54) is 11.3 Å². The Morgan fingerprint density at radius 2 is 2.29 bits per heavy atom. The smallest absolute Gasteiger partial charge is 0.321 e. The van der Waals surface area contributed by atoms with Crippen LogP contribution in [0.15, 0.2) is 23.7 Å². The SMILES string of the molecule is Cc1ccc(N2CC(CNC(=O)Nc3nccs3)C2)nn1. The molecule has 1 aliphatic rings. The number of nitrogens with one attached hydrogen (secondary N) is 2. The van der Waals surface area contributed by atoms with Crippen molar-refractivity contribution in [2.45, 2.75) is 6.92 Å². The summed E-state index contributed by atoms with van der Waals surface area (Å²) in [5.74, 6) is 1.33. The fourth-order valence-corrected chi connectivity index (χ4v) is 2.63. The first kappa shape index (κ1) is 13.7. The molecule has 0 spiro atoms. The predicted molar refractivity (Wildman–Crippen MR) is 81.6 cm³/mol. The van der Waals surface area contributed by atoms with E-state index in [1.54, 1.807) is 6.20 Å². The number of hydrogen-bond acceptors (Lipinski definition) is 6. The van der Waals surface area contributed by atoms with Crippen molar-refractivity contribution in [1.82, 2.24) is 20.5 Å². The molecule has 3 heterocycles. The molecule has 0 radical (unpaired) electrons. The lowest BCUT2D eigenvalue weighted by Gasteiger charge is -2.39. The molecule has 1 aliphatic heterocycles. The van der Waals surface area contributed by atoms with E-state index in [0.717, 1.165) is 24.6 Å². The summed E-state index contributed by atoms with van der Waals surface area (Å²) in [7, 11) is 0. The highest BCUT2D eigenvalue weighted by atomic mass is 32.1. The Balaban J connectivity index is 1.39. The maximum absolute atomic E-state index is 11.7. The Morgan fingerprint density at radius 1 is 1.43 bits per heavy atom. The fourth-order valence-electron chi connectivity index (χ4n) is 2.11. The van der Waals surface area contributed by atoms with E-state index in [9.17, 15) is 4.79 Å². The minimum absolute atomic E-state index is 0.210. The number of aromatic nitrogens is 3. The van der Waals surface area contributed by atoms with Gasteiger partial charge in [0.15, 0.2) is 10.9 Å². The third-order valence-corrected chi connectivity index (χ3v) is 3.96. The average Bonchev–Trinajstić information content (AvgIpc) is 2.91. The van der Waals surface area contributed by atoms with Gasteiger partial charge in [0.25, 0.3) is 0 Å². The molecular weight excluding hydrogens is 288 g/mol. The molecule has 0 atom stereocenters. The van der Waals surface area contributed by atoms with Gasteiger partial charge in [0.2, 0.25) is 0 Å². The summed E-state index contributed by atoms with van der Waals surface area (Å²) in [5.41, 5.74) is 0.913. The minimum Gasteiger partial charge on any atom is -0.354 e. The van der Waals surface area contributed by atoms with Gasteiger partial charge < -0.3 is 10.2 Å². The van der Waals surface area contributed by atoms with E-state index < -0.39 is 0 Å². The van der Waals surface area contributed by atoms with Gasteiger partial charge in [-0.1, -0.05) is 0 Å². The van der Waals surface area contributed by atoms with Crippen molar-refractivity contribution < 1.29 is 4.79 Å². The van der Waals surface area contributed by atoms with Crippen LogP contribution >= 0.6 is 11.3 Å². The van der Waals surface area contributed by atoms with E-state index in [2.05, 4.69) is 30.7 Å². The Hall–Kier alpha value is -2.22. The van der Waals surface area contributed by atoms with Gasteiger partial charge in [-0.15, -0.1) is 16.4 Å². The van der Waals surface area contributed by atoms with E-state index in [1.807, 2.05) is 24.4 Å². The predicted octanol–water partition coefficient (Wildman–Crippen LogP) is 1.50. The van der Waals surface area contributed by atoms with Crippen molar-refractivity contribution in [3.8, 4) is 0 Å². The Morgan fingerprint density at radius 3 is 2.95 bits per heavy atom. The van der Waals surface area contributed by atoms with Crippen molar-refractivity contribution in [3.05, 3.63) is 29.4 Å². The first-order valence-electron chi connectivity index (χ1n) is 6.70. The molecule has 3 rings (SSSR count). The lowest BCUT2D eigenvalue weighted by molar-refractivity contribution is 0.248. The fraction of sp³-hybridized carbons (Fsp3) is 0.385. The topological polar surface area (TPSA) is 83.0 Å². The largest absolute Gasteiger partial charge is 0.354 e. The summed E-state index contributed by atoms with van der Waals surface area (Å²) in [6.45, 7) is 4.33. The molecule has 0 bridgehead atoms. The third kappa shape index (κ3) is 3.46. The van der Waals surface area contributed by atoms with Crippen molar-refractivity contribution in [2.24, 2.45) is 5.92 Å². The maximum Gasteiger partial charge on any atom is 0.321 e. The average molecular weight is 304 g/mol. The lowest BCUT2D eigenvalue weighted by atomic mass is 10.0. The molecule has 0 saturated carbocycles. The van der Waals surface area contributed by atoms with Gasteiger partial charge in [-0.3, -0.25) is 5.32 Å². The number of aryl methyl sites for hydroxylation is 1. The van der Waals surface area contributed by atoms with Gasteiger partial charge in [-0.25, -0.2) is 9.78 Å². The summed E-state index contributed by atoms with van der Waals surface area (Å²) in [6, 6.07) is 3.72. The van der Waals surface area contributed by atoms with Crippen LogP contribution in [-0.2, 0) is 0 Å². The standard InChI is InChI=1S/C13H16N6OS/c1-9-2-3-11(18-17-9)19-7-10(8-19)6-15-12(20)16-13-14-4-5-21-13/h2-5,10H,6-8H2,1H3,(H2,14,15,16,20). The molecule has 1 fully saturated rings. The molecule has 2 amide bonds. The van der Waals surface area contributed by atoms with Gasteiger partial charge in [0.05, 0.1) is 5.69 Å². The van der Waals surface area contributed by atoms with Crippen LogP contribution in [0.3, 0.4) is 0 Å². The monoisotopic (exact) mass is 304 g/mol. The van der Waals surface area contributed by atoms with Crippen LogP contribution in [0.5, 0.6) is 0 Å². The lowest BCUT2D eigenvalue weighted by Crippen LogP contribution is -2.52. The molecule has 2 aromatic heterocycles. The second kappa shape index (κ2) is 6.04. The van der Waals surface area contributed by atoms with E-state index >= 15 is 0 Å². The second-order valence-corrected chi connectivity index (χ2v) is 5.87. The molecule has 2 N–H and O–H groups in total. The molecule has 8 heteroatoms. The number of urea groups is 1. The third-order valence-electron chi connectivity index (χ3n) is 3.27. The quantitative estimate of drug-likeness (QED) is 0.894. The van der Waals surface area contributed by atoms with Crippen LogP contribution in [0.25, 0.3) is 0 Å². The Labute approximate surface area is 126 Å². The van der Waals surface area contributed by atoms with Crippen molar-refractivity contribution in [3.63, 3.8) is 0 Å². The number of carbonyl (C=O) groups excluding carboxylic acids is 1. The number of amides is 2. The van der Waals surface area contributed by atoms with Gasteiger partial charge in [-0.05, 0) is 19.1 Å². The Kier molecular flexibility index (Phi) is 3.96. The van der Waals surface area contributed by atoms with Crippen LogP contribution in [0.1, 0.15) is 5.69 Å². The van der Waals surface area contributed by atoms with E-state index in [4.69, 9.17) is 0 Å². The number of anilines is 2. The summed E-state index contributed by atoms with van der Waals surface area (Å²) < 4.78 is 0. The van der Waals surface area contributed by atoms with E-state index in [0.29, 0.717) is 17.6 Å². The summed E-state index contributed by atoms with van der Waals surface area (Å²) in [6.07, 6.45) is 1.66. The van der Waals surface area contributed by atoms with Gasteiger partial charge in [-0.2, -0.15) is 5.10 Å². The van der Waals surface area contributed by atoms with Crippen LogP contribution in [0, 0.1) is 12.8 Å². The van der Waals surface area contributed by atoms with Crippen molar-refractivity contribution in [2.75, 3.05) is 29.9 Å². The molecule has 110 valence electrons. The van der Waals surface area contributed by atoms with Crippen molar-refractivity contribution in [1.29, 1.82) is 0 Å². The highest BCUT2D eigenvalue weighted by molar-refractivity contribution is 7.13. The zero-order valence-corrected chi connectivity index (χ0v) is 12.4. The molecular formula is C13H16N6OS. The first-order valence-corrected chi connectivity index (χ1v) is 7.58. The zero-order valence-electron chi connectivity index (χ0n) is 11.6. The first-order chi connectivity index (χ1) is 10.2. The van der Waals surface area contributed by atoms with Gasteiger partial charge in [0.1, 0.15) is 0 Å². The molecule has 0 aliphatic carbocycles. The van der Waals surface area contributed by atoms with E-state index in [-0.39, 0.29) is 6.03 Å². The molecule has 0 unspecified atom stereocenters. The highest BCUT2D eigenvalue weighted by Crippen LogP contribution is 2.21. The summed E-state index contributed by atoms with van der Waals surface area (Å²) in [5, 5.41) is 16.2. The molecule has 1 saturated heterocycles.